The fourth-order valence-corrected chi connectivity index (χ4v) is 3.48. The molecule has 130 valence electrons. The molecule has 2 amide bonds. The molecule has 24 heavy (non-hydrogen) atoms. The molecule has 0 bridgehead atoms. The van der Waals surface area contributed by atoms with Gasteiger partial charge in [0.1, 0.15) is 0 Å². The van der Waals surface area contributed by atoms with Gasteiger partial charge >= 0.3 is 0 Å². The van der Waals surface area contributed by atoms with Crippen LogP contribution in [0.25, 0.3) is 0 Å². The summed E-state index contributed by atoms with van der Waals surface area (Å²) >= 11 is 0. The van der Waals surface area contributed by atoms with E-state index >= 15 is 0 Å². The Kier molecular flexibility index (Phi) is 5.45. The monoisotopic (exact) mass is 331 g/mol. The van der Waals surface area contributed by atoms with Crippen LogP contribution in [0.1, 0.15) is 49.9 Å². The van der Waals surface area contributed by atoms with Gasteiger partial charge in [0, 0.05) is 45.3 Å². The van der Waals surface area contributed by atoms with Crippen molar-refractivity contribution in [3.05, 3.63) is 29.6 Å². The van der Waals surface area contributed by atoms with Crippen LogP contribution in [-0.2, 0) is 20.9 Å². The summed E-state index contributed by atoms with van der Waals surface area (Å²) in [5, 5.41) is 2.77. The van der Waals surface area contributed by atoms with E-state index in [1.54, 1.807) is 6.20 Å². The van der Waals surface area contributed by atoms with Gasteiger partial charge in [-0.05, 0) is 37.3 Å². The molecule has 0 saturated carbocycles. The summed E-state index contributed by atoms with van der Waals surface area (Å²) in [7, 11) is 0. The zero-order valence-electron chi connectivity index (χ0n) is 14.2. The van der Waals surface area contributed by atoms with Crippen molar-refractivity contribution < 1.29 is 14.3 Å². The summed E-state index contributed by atoms with van der Waals surface area (Å²) in [6.45, 7) is 4.17. The van der Waals surface area contributed by atoms with Crippen LogP contribution in [0.5, 0.6) is 0 Å². The Balaban J connectivity index is 1.66. The standard InChI is InChI=1S/C18H25N3O3/c1-13(22)19-11-14-4-5-16(20-12-14)17-3-2-8-21(17)18(23)15-6-9-24-10-7-15/h4-5,12,15,17H,2-3,6-11H2,1H3,(H,19,22)/t17-/m1/s1. The predicted molar refractivity (Wildman–Crippen MR) is 89.0 cm³/mol. The Morgan fingerprint density at radius 2 is 2.08 bits per heavy atom. The lowest BCUT2D eigenvalue weighted by molar-refractivity contribution is -0.139. The minimum absolute atomic E-state index is 0.0527. The summed E-state index contributed by atoms with van der Waals surface area (Å²) in [6, 6.07) is 4.04. The van der Waals surface area contributed by atoms with Crippen molar-refractivity contribution in [3.8, 4) is 0 Å². The molecule has 1 atom stereocenters. The summed E-state index contributed by atoms with van der Waals surface area (Å²) in [4.78, 5) is 30.4. The summed E-state index contributed by atoms with van der Waals surface area (Å²) in [5.74, 6) is 0.298. The molecule has 6 nitrogen and oxygen atoms in total. The minimum Gasteiger partial charge on any atom is -0.381 e. The first-order valence-electron chi connectivity index (χ1n) is 8.72. The quantitative estimate of drug-likeness (QED) is 0.913. The topological polar surface area (TPSA) is 71.5 Å². The van der Waals surface area contributed by atoms with E-state index in [0.29, 0.717) is 19.8 Å². The molecule has 0 radical (unpaired) electrons. The molecule has 3 rings (SSSR count). The molecule has 6 heteroatoms. The second kappa shape index (κ2) is 7.75. The molecule has 3 heterocycles. The van der Waals surface area contributed by atoms with Crippen LogP contribution in [0.15, 0.2) is 18.3 Å². The van der Waals surface area contributed by atoms with Gasteiger partial charge in [-0.2, -0.15) is 0 Å². The van der Waals surface area contributed by atoms with Crippen molar-refractivity contribution in [1.82, 2.24) is 15.2 Å². The van der Waals surface area contributed by atoms with Crippen LogP contribution >= 0.6 is 0 Å². The lowest BCUT2D eigenvalue weighted by atomic mass is 9.98. The molecule has 1 aromatic heterocycles. The zero-order valence-corrected chi connectivity index (χ0v) is 14.2. The van der Waals surface area contributed by atoms with E-state index in [0.717, 1.165) is 43.5 Å². The van der Waals surface area contributed by atoms with E-state index in [1.165, 1.54) is 6.92 Å². The number of hydrogen-bond acceptors (Lipinski definition) is 4. The van der Waals surface area contributed by atoms with Gasteiger partial charge in [-0.3, -0.25) is 14.6 Å². The van der Waals surface area contributed by atoms with E-state index < -0.39 is 0 Å². The number of amides is 2. The Hall–Kier alpha value is -1.95. The number of likely N-dealkylation sites (tertiary alicyclic amines) is 1. The lowest BCUT2D eigenvalue weighted by Gasteiger charge is -2.30. The fraction of sp³-hybridized carbons (Fsp3) is 0.611. The number of aromatic nitrogens is 1. The van der Waals surface area contributed by atoms with Gasteiger partial charge in [0.15, 0.2) is 0 Å². The van der Waals surface area contributed by atoms with Gasteiger partial charge in [0.2, 0.25) is 11.8 Å². The molecule has 2 aliphatic rings. The Morgan fingerprint density at radius 3 is 2.75 bits per heavy atom. The number of hydrogen-bond donors (Lipinski definition) is 1. The van der Waals surface area contributed by atoms with Crippen LogP contribution in [0.3, 0.4) is 0 Å². The number of ether oxygens (including phenoxy) is 1. The number of nitrogens with zero attached hydrogens (tertiary/aromatic N) is 2. The van der Waals surface area contributed by atoms with Crippen LogP contribution in [0, 0.1) is 5.92 Å². The van der Waals surface area contributed by atoms with Gasteiger partial charge < -0.3 is 15.0 Å². The molecule has 1 N–H and O–H groups in total. The Morgan fingerprint density at radius 1 is 1.29 bits per heavy atom. The van der Waals surface area contributed by atoms with Crippen molar-refractivity contribution >= 4 is 11.8 Å². The summed E-state index contributed by atoms with van der Waals surface area (Å²) in [5.41, 5.74) is 1.91. The van der Waals surface area contributed by atoms with Crippen LogP contribution in [0.2, 0.25) is 0 Å². The lowest BCUT2D eigenvalue weighted by Crippen LogP contribution is -2.38. The second-order valence-electron chi connectivity index (χ2n) is 6.58. The molecular weight excluding hydrogens is 306 g/mol. The molecule has 2 aliphatic heterocycles. The Bertz CT molecular complexity index is 582. The summed E-state index contributed by atoms with van der Waals surface area (Å²) in [6.07, 6.45) is 5.43. The Labute approximate surface area is 142 Å². The molecule has 0 unspecified atom stereocenters. The maximum Gasteiger partial charge on any atom is 0.226 e. The highest BCUT2D eigenvalue weighted by molar-refractivity contribution is 5.79. The van der Waals surface area contributed by atoms with Crippen molar-refractivity contribution in [3.63, 3.8) is 0 Å². The zero-order chi connectivity index (χ0) is 16.9. The van der Waals surface area contributed by atoms with Crippen LogP contribution in [0.4, 0.5) is 0 Å². The minimum atomic E-state index is -0.0527. The number of nitrogens with one attached hydrogen (secondary N) is 1. The van der Waals surface area contributed by atoms with Gasteiger partial charge in [0.25, 0.3) is 0 Å². The molecule has 2 fully saturated rings. The maximum absolute atomic E-state index is 12.8. The SMILES string of the molecule is CC(=O)NCc1ccc([C@H]2CCCN2C(=O)C2CCOCC2)nc1. The van der Waals surface area contributed by atoms with E-state index in [-0.39, 0.29) is 23.8 Å². The van der Waals surface area contributed by atoms with E-state index in [2.05, 4.69) is 10.3 Å². The predicted octanol–water partition coefficient (Wildman–Crippen LogP) is 1.81. The van der Waals surface area contributed by atoms with Crippen molar-refractivity contribution in [2.24, 2.45) is 5.92 Å². The number of rotatable bonds is 4. The third-order valence-corrected chi connectivity index (χ3v) is 4.84. The number of carbonyl (C=O) groups is 2. The molecule has 0 aliphatic carbocycles. The molecule has 1 aromatic rings. The third-order valence-electron chi connectivity index (χ3n) is 4.84. The molecule has 0 spiro atoms. The third kappa shape index (κ3) is 3.93. The molecule has 2 saturated heterocycles. The normalized spacial score (nSPS) is 21.7. The van der Waals surface area contributed by atoms with Gasteiger partial charge in [-0.15, -0.1) is 0 Å². The smallest absolute Gasteiger partial charge is 0.226 e. The second-order valence-corrected chi connectivity index (χ2v) is 6.58. The van der Waals surface area contributed by atoms with E-state index in [4.69, 9.17) is 4.74 Å². The van der Waals surface area contributed by atoms with Crippen molar-refractivity contribution in [2.75, 3.05) is 19.8 Å². The first kappa shape index (κ1) is 16.9. The first-order valence-corrected chi connectivity index (χ1v) is 8.72. The fourth-order valence-electron chi connectivity index (χ4n) is 3.48. The first-order chi connectivity index (χ1) is 11.6. The van der Waals surface area contributed by atoms with Crippen molar-refractivity contribution in [1.29, 1.82) is 0 Å². The van der Waals surface area contributed by atoms with E-state index in [1.807, 2.05) is 17.0 Å². The highest BCUT2D eigenvalue weighted by atomic mass is 16.5. The number of pyridine rings is 1. The van der Waals surface area contributed by atoms with E-state index in [9.17, 15) is 9.59 Å². The average Bonchev–Trinajstić information content (AvgIpc) is 3.10. The maximum atomic E-state index is 12.8. The largest absolute Gasteiger partial charge is 0.381 e. The number of carbonyl (C=O) groups excluding carboxylic acids is 2. The van der Waals surface area contributed by atoms with Gasteiger partial charge in [-0.25, -0.2) is 0 Å². The average molecular weight is 331 g/mol. The molecular formula is C18H25N3O3. The highest BCUT2D eigenvalue weighted by Crippen LogP contribution is 2.33. The summed E-state index contributed by atoms with van der Waals surface area (Å²) < 4.78 is 5.36. The van der Waals surface area contributed by atoms with Gasteiger partial charge in [0.05, 0.1) is 11.7 Å². The van der Waals surface area contributed by atoms with Gasteiger partial charge in [-0.1, -0.05) is 6.07 Å². The van der Waals surface area contributed by atoms with Crippen LogP contribution in [-0.4, -0.2) is 41.5 Å². The van der Waals surface area contributed by atoms with Crippen molar-refractivity contribution in [2.45, 2.75) is 45.2 Å². The molecule has 0 aromatic carbocycles. The highest BCUT2D eigenvalue weighted by Gasteiger charge is 2.35. The van der Waals surface area contributed by atoms with Crippen LogP contribution < -0.4 is 5.32 Å².